The maximum atomic E-state index is 11.1. The minimum atomic E-state index is -0.954. The molecule has 0 spiro atoms. The molecule has 0 aliphatic carbocycles. The lowest BCUT2D eigenvalue weighted by molar-refractivity contribution is -0.158. The zero-order valence-electron chi connectivity index (χ0n) is 8.00. The van der Waals surface area contributed by atoms with E-state index >= 15 is 0 Å². The third kappa shape index (κ3) is 4.31. The normalized spacial score (nSPS) is 16.8. The largest absolute Gasteiger partial charge is 0.459 e. The predicted molar refractivity (Wildman–Crippen MR) is 45.5 cm³/mol. The van der Waals surface area contributed by atoms with Crippen molar-refractivity contribution >= 4 is 5.97 Å². The van der Waals surface area contributed by atoms with Crippen LogP contribution in [0, 0.1) is 0 Å². The van der Waals surface area contributed by atoms with Crippen LogP contribution in [0.15, 0.2) is 0 Å². The molecule has 2 atom stereocenters. The summed E-state index contributed by atoms with van der Waals surface area (Å²) in [7, 11) is 0. The van der Waals surface area contributed by atoms with E-state index in [-0.39, 0.29) is 0 Å². The second-order valence-electron chi connectivity index (χ2n) is 3.80. The van der Waals surface area contributed by atoms with Gasteiger partial charge in [-0.25, -0.2) is 0 Å². The van der Waals surface area contributed by atoms with Crippen LogP contribution in [0.1, 0.15) is 27.7 Å². The zero-order valence-corrected chi connectivity index (χ0v) is 8.00. The topological polar surface area (TPSA) is 72.5 Å². The summed E-state index contributed by atoms with van der Waals surface area (Å²) >= 11 is 0. The molecule has 0 aliphatic rings. The summed E-state index contributed by atoms with van der Waals surface area (Å²) in [5.74, 6) is -0.572. The van der Waals surface area contributed by atoms with Gasteiger partial charge in [0.1, 0.15) is 11.6 Å². The van der Waals surface area contributed by atoms with E-state index in [0.717, 1.165) is 0 Å². The fourth-order valence-electron chi connectivity index (χ4n) is 0.567. The van der Waals surface area contributed by atoms with Crippen LogP contribution < -0.4 is 5.73 Å². The Hall–Kier alpha value is -0.610. The Bertz CT molecular complexity index is 160. The van der Waals surface area contributed by atoms with Gasteiger partial charge in [-0.3, -0.25) is 4.79 Å². The van der Waals surface area contributed by atoms with E-state index in [2.05, 4.69) is 0 Å². The highest BCUT2D eigenvalue weighted by Gasteiger charge is 2.25. The molecule has 0 bridgehead atoms. The van der Waals surface area contributed by atoms with Crippen molar-refractivity contribution in [3.8, 4) is 0 Å². The fraction of sp³-hybridized carbons (Fsp3) is 0.875. The average molecular weight is 175 g/mol. The average Bonchev–Trinajstić information content (AvgIpc) is 1.82. The summed E-state index contributed by atoms with van der Waals surface area (Å²) in [6, 6.07) is -0.954. The molecule has 3 N–H and O–H groups in total. The number of carbonyl (C=O) groups excluding carboxylic acids is 1. The number of carbonyl (C=O) groups is 1. The number of aliphatic hydroxyl groups is 1. The number of rotatable bonds is 2. The highest BCUT2D eigenvalue weighted by molar-refractivity contribution is 5.76. The van der Waals surface area contributed by atoms with Crippen molar-refractivity contribution < 1.29 is 14.6 Å². The molecule has 0 saturated carbocycles. The first-order chi connectivity index (χ1) is 5.24. The lowest BCUT2D eigenvalue weighted by atomic mass is 10.1. The van der Waals surface area contributed by atoms with E-state index < -0.39 is 23.7 Å². The van der Waals surface area contributed by atoms with E-state index in [4.69, 9.17) is 15.6 Å². The number of esters is 1. The second kappa shape index (κ2) is 3.87. The minimum absolute atomic E-state index is 0.552. The van der Waals surface area contributed by atoms with E-state index in [1.165, 1.54) is 6.92 Å². The van der Waals surface area contributed by atoms with Crippen molar-refractivity contribution in [2.24, 2.45) is 5.73 Å². The Labute approximate surface area is 72.7 Å². The van der Waals surface area contributed by atoms with Gasteiger partial charge in [-0.05, 0) is 27.7 Å². The van der Waals surface area contributed by atoms with Crippen molar-refractivity contribution in [1.29, 1.82) is 0 Å². The summed E-state index contributed by atoms with van der Waals surface area (Å²) in [5.41, 5.74) is 4.79. The van der Waals surface area contributed by atoms with Gasteiger partial charge >= 0.3 is 5.97 Å². The van der Waals surface area contributed by atoms with Gasteiger partial charge in [-0.1, -0.05) is 0 Å². The van der Waals surface area contributed by atoms with E-state index in [1.807, 2.05) is 0 Å². The van der Waals surface area contributed by atoms with Gasteiger partial charge in [-0.2, -0.15) is 0 Å². The van der Waals surface area contributed by atoms with E-state index in [1.54, 1.807) is 20.8 Å². The summed E-state index contributed by atoms with van der Waals surface area (Å²) in [5, 5.41) is 8.96. The van der Waals surface area contributed by atoms with Gasteiger partial charge < -0.3 is 15.6 Å². The highest BCUT2D eigenvalue weighted by Crippen LogP contribution is 2.08. The lowest BCUT2D eigenvalue weighted by Gasteiger charge is -2.23. The quantitative estimate of drug-likeness (QED) is 0.581. The van der Waals surface area contributed by atoms with Crippen molar-refractivity contribution in [2.75, 3.05) is 0 Å². The van der Waals surface area contributed by atoms with Crippen LogP contribution in [0.25, 0.3) is 0 Å². The molecular formula is C8H17NO3. The highest BCUT2D eigenvalue weighted by atomic mass is 16.6. The molecular weight excluding hydrogens is 158 g/mol. The van der Waals surface area contributed by atoms with Gasteiger partial charge in [0, 0.05) is 0 Å². The second-order valence-corrected chi connectivity index (χ2v) is 3.80. The number of ether oxygens (including phenoxy) is 1. The molecule has 4 nitrogen and oxygen atoms in total. The molecule has 0 radical (unpaired) electrons. The number of hydrogen-bond donors (Lipinski definition) is 2. The standard InChI is InChI=1S/C8H17NO3/c1-5(10)6(9)7(11)12-8(2,3)4/h5-6,10H,9H2,1-4H3/t5-,6-/m0/s1. The first-order valence-corrected chi connectivity index (χ1v) is 3.90. The van der Waals surface area contributed by atoms with Gasteiger partial charge in [0.25, 0.3) is 0 Å². The smallest absolute Gasteiger partial charge is 0.326 e. The molecule has 0 aliphatic heterocycles. The Balaban J connectivity index is 4.05. The fourth-order valence-corrected chi connectivity index (χ4v) is 0.567. The van der Waals surface area contributed by atoms with Crippen molar-refractivity contribution in [1.82, 2.24) is 0 Å². The zero-order chi connectivity index (χ0) is 9.94. The van der Waals surface area contributed by atoms with Crippen LogP contribution in [0.4, 0.5) is 0 Å². The number of aliphatic hydroxyl groups excluding tert-OH is 1. The summed E-state index contributed by atoms with van der Waals surface area (Å²) in [6.07, 6.45) is -0.875. The van der Waals surface area contributed by atoms with Crippen molar-refractivity contribution in [3.63, 3.8) is 0 Å². The minimum Gasteiger partial charge on any atom is -0.459 e. The Morgan fingerprint density at radius 2 is 1.92 bits per heavy atom. The molecule has 0 unspecified atom stereocenters. The molecule has 0 fully saturated rings. The molecule has 0 aromatic rings. The molecule has 0 aromatic heterocycles. The van der Waals surface area contributed by atoms with Crippen LogP contribution in [-0.4, -0.2) is 28.8 Å². The SMILES string of the molecule is C[C@H](O)[C@H](N)C(=O)OC(C)(C)C. The van der Waals surface area contributed by atoms with Gasteiger partial charge in [0.05, 0.1) is 6.10 Å². The maximum Gasteiger partial charge on any atom is 0.326 e. The van der Waals surface area contributed by atoms with Crippen molar-refractivity contribution in [3.05, 3.63) is 0 Å². The van der Waals surface area contributed by atoms with Crippen LogP contribution in [-0.2, 0) is 9.53 Å². The molecule has 4 heteroatoms. The van der Waals surface area contributed by atoms with Crippen molar-refractivity contribution in [2.45, 2.75) is 45.4 Å². The first kappa shape index (κ1) is 11.4. The molecule has 0 aromatic carbocycles. The summed E-state index contributed by atoms with van der Waals surface area (Å²) < 4.78 is 4.94. The monoisotopic (exact) mass is 175 g/mol. The number of hydrogen-bond acceptors (Lipinski definition) is 4. The third-order valence-electron chi connectivity index (χ3n) is 1.20. The van der Waals surface area contributed by atoms with E-state index in [9.17, 15) is 4.79 Å². The lowest BCUT2D eigenvalue weighted by Crippen LogP contribution is -2.44. The van der Waals surface area contributed by atoms with Crippen LogP contribution >= 0.6 is 0 Å². The molecule has 12 heavy (non-hydrogen) atoms. The Morgan fingerprint density at radius 3 is 2.17 bits per heavy atom. The predicted octanol–water partition coefficient (Wildman–Crippen LogP) is 0.0362. The molecule has 0 rings (SSSR count). The van der Waals surface area contributed by atoms with Gasteiger partial charge in [0.2, 0.25) is 0 Å². The molecule has 0 amide bonds. The van der Waals surface area contributed by atoms with E-state index in [0.29, 0.717) is 0 Å². The number of nitrogens with two attached hydrogens (primary N) is 1. The van der Waals surface area contributed by atoms with Crippen LogP contribution in [0.5, 0.6) is 0 Å². The molecule has 0 heterocycles. The molecule has 0 saturated heterocycles. The third-order valence-corrected chi connectivity index (χ3v) is 1.20. The van der Waals surface area contributed by atoms with Gasteiger partial charge in [-0.15, -0.1) is 0 Å². The first-order valence-electron chi connectivity index (χ1n) is 3.90. The molecule has 72 valence electrons. The Morgan fingerprint density at radius 1 is 1.50 bits per heavy atom. The summed E-state index contributed by atoms with van der Waals surface area (Å²) in [4.78, 5) is 11.1. The van der Waals surface area contributed by atoms with Crippen LogP contribution in [0.2, 0.25) is 0 Å². The Kier molecular flexibility index (Phi) is 3.67. The van der Waals surface area contributed by atoms with Gasteiger partial charge in [0.15, 0.2) is 0 Å². The summed E-state index contributed by atoms with van der Waals surface area (Å²) in [6.45, 7) is 6.70. The van der Waals surface area contributed by atoms with Crippen LogP contribution in [0.3, 0.4) is 0 Å². The maximum absolute atomic E-state index is 11.1.